The van der Waals surface area contributed by atoms with Crippen molar-refractivity contribution in [2.45, 2.75) is 39.2 Å². The van der Waals surface area contributed by atoms with Gasteiger partial charge in [-0.05, 0) is 26.7 Å². The molecule has 2 rings (SSSR count). The van der Waals surface area contributed by atoms with Gasteiger partial charge in [-0.2, -0.15) is 0 Å². The third-order valence-electron chi connectivity index (χ3n) is 2.95. The molecule has 1 aliphatic carbocycles. The van der Waals surface area contributed by atoms with Crippen molar-refractivity contribution in [3.8, 4) is 0 Å². The minimum atomic E-state index is 0.0804. The van der Waals surface area contributed by atoms with Gasteiger partial charge in [-0.1, -0.05) is 12.2 Å². The predicted molar refractivity (Wildman–Crippen MR) is 77.0 cm³/mol. The van der Waals surface area contributed by atoms with Crippen molar-refractivity contribution in [2.24, 2.45) is 5.73 Å². The Kier molecular flexibility index (Phi) is 3.97. The maximum atomic E-state index is 12.5. The molecular formula is C12H17N3OS2. The molecule has 18 heavy (non-hydrogen) atoms. The van der Waals surface area contributed by atoms with Crippen molar-refractivity contribution >= 4 is 34.5 Å². The number of thiazole rings is 1. The molecule has 98 valence electrons. The highest BCUT2D eigenvalue weighted by atomic mass is 32.1. The third-order valence-corrected chi connectivity index (χ3v) is 4.21. The van der Waals surface area contributed by atoms with E-state index in [1.165, 1.54) is 11.3 Å². The Bertz CT molecular complexity index is 480. The Labute approximate surface area is 116 Å². The van der Waals surface area contributed by atoms with Crippen molar-refractivity contribution in [1.29, 1.82) is 0 Å². The number of carbonyl (C=O) groups is 1. The van der Waals surface area contributed by atoms with Gasteiger partial charge >= 0.3 is 0 Å². The summed E-state index contributed by atoms with van der Waals surface area (Å²) in [6.45, 7) is 4.43. The van der Waals surface area contributed by atoms with Crippen molar-refractivity contribution in [3.05, 3.63) is 15.6 Å². The largest absolute Gasteiger partial charge is 0.393 e. The molecule has 6 heteroatoms. The highest BCUT2D eigenvalue weighted by Gasteiger charge is 2.34. The molecule has 1 saturated carbocycles. The summed E-state index contributed by atoms with van der Waals surface area (Å²) in [7, 11) is 0. The van der Waals surface area contributed by atoms with Crippen LogP contribution in [-0.4, -0.2) is 33.4 Å². The number of rotatable bonds is 5. The first kappa shape index (κ1) is 13.4. The van der Waals surface area contributed by atoms with Crippen molar-refractivity contribution in [3.63, 3.8) is 0 Å². The standard InChI is InChI=1S/C12H17N3OS2/c1-7-11(18-8(2)14-7)12(16)15(9-3-4-9)6-5-10(13)17/h9H,3-6H2,1-2H3,(H2,13,17). The number of amides is 1. The normalized spacial score (nSPS) is 14.6. The van der Waals surface area contributed by atoms with Gasteiger partial charge in [0.15, 0.2) is 0 Å². The number of carbonyl (C=O) groups excluding carboxylic acids is 1. The SMILES string of the molecule is Cc1nc(C)c(C(=O)N(CCC(N)=S)C2CC2)s1. The van der Waals surface area contributed by atoms with Gasteiger partial charge in [0.1, 0.15) is 4.88 Å². The van der Waals surface area contributed by atoms with Gasteiger partial charge in [-0.3, -0.25) is 4.79 Å². The Morgan fingerprint density at radius 2 is 2.22 bits per heavy atom. The van der Waals surface area contributed by atoms with E-state index in [2.05, 4.69) is 4.98 Å². The van der Waals surface area contributed by atoms with Gasteiger partial charge in [0.25, 0.3) is 5.91 Å². The van der Waals surface area contributed by atoms with Crippen LogP contribution in [0.15, 0.2) is 0 Å². The van der Waals surface area contributed by atoms with E-state index in [0.29, 0.717) is 24.0 Å². The zero-order valence-corrected chi connectivity index (χ0v) is 12.2. The minimum Gasteiger partial charge on any atom is -0.393 e. The van der Waals surface area contributed by atoms with Crippen molar-refractivity contribution in [1.82, 2.24) is 9.88 Å². The summed E-state index contributed by atoms with van der Waals surface area (Å²) < 4.78 is 0. The molecule has 2 N–H and O–H groups in total. The van der Waals surface area contributed by atoms with Crippen LogP contribution in [0.5, 0.6) is 0 Å². The Hall–Kier alpha value is -1.01. The number of hydrogen-bond donors (Lipinski definition) is 1. The first-order chi connectivity index (χ1) is 8.49. The molecule has 0 aliphatic heterocycles. The molecule has 0 radical (unpaired) electrons. The maximum Gasteiger partial charge on any atom is 0.266 e. The zero-order chi connectivity index (χ0) is 13.3. The van der Waals surface area contributed by atoms with Gasteiger partial charge in [-0.15, -0.1) is 11.3 Å². The molecular weight excluding hydrogens is 266 g/mol. The monoisotopic (exact) mass is 283 g/mol. The summed E-state index contributed by atoms with van der Waals surface area (Å²) in [5.74, 6) is 0.0804. The number of aromatic nitrogens is 1. The first-order valence-corrected chi connectivity index (χ1v) is 7.25. The van der Waals surface area contributed by atoms with Crippen LogP contribution in [0.1, 0.15) is 39.6 Å². The molecule has 1 heterocycles. The van der Waals surface area contributed by atoms with E-state index < -0.39 is 0 Å². The molecule has 0 spiro atoms. The van der Waals surface area contributed by atoms with Crippen LogP contribution in [0.3, 0.4) is 0 Å². The third kappa shape index (κ3) is 3.05. The van der Waals surface area contributed by atoms with E-state index in [9.17, 15) is 4.79 Å². The van der Waals surface area contributed by atoms with E-state index in [-0.39, 0.29) is 5.91 Å². The molecule has 1 aromatic heterocycles. The Balaban J connectivity index is 2.12. The predicted octanol–water partition coefficient (Wildman–Crippen LogP) is 2.04. The molecule has 0 saturated heterocycles. The summed E-state index contributed by atoms with van der Waals surface area (Å²) in [5, 5.41) is 0.931. The van der Waals surface area contributed by atoms with Gasteiger partial charge in [-0.25, -0.2) is 4.98 Å². The van der Waals surface area contributed by atoms with Crippen LogP contribution in [0.2, 0.25) is 0 Å². The lowest BCUT2D eigenvalue weighted by molar-refractivity contribution is 0.0752. The number of thiocarbonyl (C=S) groups is 1. The second-order valence-corrected chi connectivity index (χ2v) is 6.32. The van der Waals surface area contributed by atoms with Gasteiger partial charge in [0, 0.05) is 19.0 Å². The smallest absolute Gasteiger partial charge is 0.266 e. The van der Waals surface area contributed by atoms with Crippen LogP contribution >= 0.6 is 23.6 Å². The molecule has 1 aliphatic rings. The second-order valence-electron chi connectivity index (χ2n) is 4.59. The summed E-state index contributed by atoms with van der Waals surface area (Å²) in [4.78, 5) is 19.9. The quantitative estimate of drug-likeness (QED) is 0.840. The second kappa shape index (κ2) is 5.32. The number of nitrogens with zero attached hydrogens (tertiary/aromatic N) is 2. The van der Waals surface area contributed by atoms with E-state index in [1.54, 1.807) is 0 Å². The molecule has 0 bridgehead atoms. The molecule has 1 aromatic rings. The van der Waals surface area contributed by atoms with E-state index >= 15 is 0 Å². The van der Waals surface area contributed by atoms with E-state index in [1.807, 2.05) is 18.7 Å². The number of hydrogen-bond acceptors (Lipinski definition) is 4. The minimum absolute atomic E-state index is 0.0804. The molecule has 0 unspecified atom stereocenters. The highest BCUT2D eigenvalue weighted by molar-refractivity contribution is 7.80. The first-order valence-electron chi connectivity index (χ1n) is 6.02. The van der Waals surface area contributed by atoms with E-state index in [0.717, 1.165) is 28.4 Å². The van der Waals surface area contributed by atoms with Crippen LogP contribution in [-0.2, 0) is 0 Å². The molecule has 0 aromatic carbocycles. The summed E-state index contributed by atoms with van der Waals surface area (Å²) in [6.07, 6.45) is 2.76. The fourth-order valence-electron chi connectivity index (χ4n) is 1.93. The number of nitrogens with two attached hydrogens (primary N) is 1. The molecule has 1 fully saturated rings. The van der Waals surface area contributed by atoms with Gasteiger partial charge in [0.05, 0.1) is 15.7 Å². The van der Waals surface area contributed by atoms with Crippen molar-refractivity contribution < 1.29 is 4.79 Å². The van der Waals surface area contributed by atoms with Crippen LogP contribution in [0.4, 0.5) is 0 Å². The Morgan fingerprint density at radius 3 is 2.67 bits per heavy atom. The zero-order valence-electron chi connectivity index (χ0n) is 10.6. The average Bonchev–Trinajstić information content (AvgIpc) is 3.04. The lowest BCUT2D eigenvalue weighted by Gasteiger charge is -2.21. The van der Waals surface area contributed by atoms with Crippen molar-refractivity contribution in [2.75, 3.05) is 6.54 Å². The summed E-state index contributed by atoms with van der Waals surface area (Å²) >= 11 is 6.35. The van der Waals surface area contributed by atoms with Gasteiger partial charge < -0.3 is 10.6 Å². The fourth-order valence-corrected chi connectivity index (χ4v) is 2.89. The summed E-state index contributed by atoms with van der Waals surface area (Å²) in [5.41, 5.74) is 6.34. The average molecular weight is 283 g/mol. The highest BCUT2D eigenvalue weighted by Crippen LogP contribution is 2.30. The van der Waals surface area contributed by atoms with Crippen LogP contribution in [0, 0.1) is 13.8 Å². The Morgan fingerprint density at radius 1 is 1.56 bits per heavy atom. The lowest BCUT2D eigenvalue weighted by atomic mass is 10.3. The van der Waals surface area contributed by atoms with Gasteiger partial charge in [0.2, 0.25) is 0 Å². The van der Waals surface area contributed by atoms with Crippen LogP contribution in [0.25, 0.3) is 0 Å². The number of aryl methyl sites for hydroxylation is 2. The molecule has 0 atom stereocenters. The molecule has 1 amide bonds. The van der Waals surface area contributed by atoms with E-state index in [4.69, 9.17) is 18.0 Å². The lowest BCUT2D eigenvalue weighted by Crippen LogP contribution is -2.35. The maximum absolute atomic E-state index is 12.5. The fraction of sp³-hybridized carbons (Fsp3) is 0.583. The topological polar surface area (TPSA) is 59.2 Å². The van der Waals surface area contributed by atoms with Crippen LogP contribution < -0.4 is 5.73 Å². The summed E-state index contributed by atoms with van der Waals surface area (Å²) in [6, 6.07) is 0.369. The molecule has 4 nitrogen and oxygen atoms in total.